The third-order valence-electron chi connectivity index (χ3n) is 3.31. The molecule has 2 N–H and O–H groups in total. The van der Waals surface area contributed by atoms with Crippen LogP contribution in [0, 0.1) is 0 Å². The molecule has 1 unspecified atom stereocenters. The Kier molecular flexibility index (Phi) is 5.87. The molecule has 1 aromatic rings. The second-order valence-electron chi connectivity index (χ2n) is 4.78. The van der Waals surface area contributed by atoms with E-state index in [0.29, 0.717) is 17.9 Å². The van der Waals surface area contributed by atoms with E-state index < -0.39 is 18.0 Å². The largest absolute Gasteiger partial charge is 0.494 e. The van der Waals surface area contributed by atoms with Crippen LogP contribution in [0.5, 0.6) is 5.75 Å². The van der Waals surface area contributed by atoms with Gasteiger partial charge >= 0.3 is 12.0 Å². The number of hydrogen-bond acceptors (Lipinski definition) is 4. The van der Waals surface area contributed by atoms with Crippen molar-refractivity contribution in [2.45, 2.75) is 19.9 Å². The number of benzene rings is 1. The number of carbonyl (C=O) groups is 2. The van der Waals surface area contributed by atoms with E-state index in [-0.39, 0.29) is 12.5 Å². The molecule has 6 nitrogen and oxygen atoms in total. The molecule has 0 aliphatic carbocycles. The lowest BCUT2D eigenvalue weighted by atomic mass is 9.95. The van der Waals surface area contributed by atoms with Crippen LogP contribution >= 0.6 is 11.6 Å². The Morgan fingerprint density at radius 1 is 1.22 bits per heavy atom. The van der Waals surface area contributed by atoms with Gasteiger partial charge in [0.2, 0.25) is 0 Å². The highest BCUT2D eigenvalue weighted by Gasteiger charge is 2.33. The predicted molar refractivity (Wildman–Crippen MR) is 86.4 cm³/mol. The first kappa shape index (κ1) is 17.1. The molecule has 124 valence electrons. The Balaban J connectivity index is 2.39. The van der Waals surface area contributed by atoms with Gasteiger partial charge in [-0.15, -0.1) is 11.6 Å². The molecule has 1 aromatic carbocycles. The van der Waals surface area contributed by atoms with Gasteiger partial charge in [0.15, 0.2) is 0 Å². The lowest BCUT2D eigenvalue weighted by Gasteiger charge is -2.28. The Labute approximate surface area is 139 Å². The van der Waals surface area contributed by atoms with Crippen molar-refractivity contribution in [2.24, 2.45) is 0 Å². The average Bonchev–Trinajstić information content (AvgIpc) is 2.55. The van der Waals surface area contributed by atoms with Crippen LogP contribution in [0.3, 0.4) is 0 Å². The van der Waals surface area contributed by atoms with Crippen molar-refractivity contribution in [2.75, 3.05) is 19.1 Å². The minimum atomic E-state index is -0.618. The number of allylic oxidation sites excluding steroid dienone is 1. The summed E-state index contributed by atoms with van der Waals surface area (Å²) in [6.45, 7) is 4.42. The Bertz CT molecular complexity index is 613. The van der Waals surface area contributed by atoms with E-state index >= 15 is 0 Å². The molecule has 2 rings (SSSR count). The molecule has 2 amide bonds. The summed E-state index contributed by atoms with van der Waals surface area (Å²) in [5.74, 6) is 0.222. The third kappa shape index (κ3) is 3.96. The zero-order valence-electron chi connectivity index (χ0n) is 13.0. The van der Waals surface area contributed by atoms with Crippen LogP contribution in [0.1, 0.15) is 25.5 Å². The van der Waals surface area contributed by atoms with Gasteiger partial charge in [-0.25, -0.2) is 9.59 Å². The van der Waals surface area contributed by atoms with Gasteiger partial charge in [0, 0.05) is 5.70 Å². The predicted octanol–water partition coefficient (Wildman–Crippen LogP) is 2.50. The molecule has 1 aliphatic heterocycles. The number of rotatable bonds is 6. The van der Waals surface area contributed by atoms with Crippen LogP contribution in [0.25, 0.3) is 0 Å². The van der Waals surface area contributed by atoms with Crippen molar-refractivity contribution < 1.29 is 19.1 Å². The van der Waals surface area contributed by atoms with E-state index in [1.165, 1.54) is 0 Å². The van der Waals surface area contributed by atoms with Crippen molar-refractivity contribution in [3.05, 3.63) is 41.1 Å². The van der Waals surface area contributed by atoms with Crippen molar-refractivity contribution in [1.29, 1.82) is 0 Å². The van der Waals surface area contributed by atoms with Crippen molar-refractivity contribution >= 4 is 23.6 Å². The minimum absolute atomic E-state index is 0.00902. The van der Waals surface area contributed by atoms with Gasteiger partial charge in [0.1, 0.15) is 5.75 Å². The standard InChI is InChI=1S/C16H19ClN2O4/c1-3-22-11-7-5-10(6-8-11)14-13(15(20)23-4-2)12(9-17)18-16(21)19-14/h5-8,14H,3-4,9H2,1-2H3,(H2,18,19,21). The average molecular weight is 339 g/mol. The van der Waals surface area contributed by atoms with Gasteiger partial charge in [-0.3, -0.25) is 0 Å². The highest BCUT2D eigenvalue weighted by atomic mass is 35.5. The van der Waals surface area contributed by atoms with Crippen LogP contribution in [-0.4, -0.2) is 31.1 Å². The monoisotopic (exact) mass is 338 g/mol. The normalized spacial score (nSPS) is 17.3. The molecular weight excluding hydrogens is 320 g/mol. The van der Waals surface area contributed by atoms with Crippen LogP contribution in [0.2, 0.25) is 0 Å². The summed E-state index contributed by atoms with van der Waals surface area (Å²) in [5, 5.41) is 5.29. The summed E-state index contributed by atoms with van der Waals surface area (Å²) in [7, 11) is 0. The molecule has 0 aromatic heterocycles. The molecule has 23 heavy (non-hydrogen) atoms. The number of nitrogens with one attached hydrogen (secondary N) is 2. The quantitative estimate of drug-likeness (QED) is 0.617. The first-order chi connectivity index (χ1) is 11.1. The van der Waals surface area contributed by atoms with E-state index in [0.717, 1.165) is 11.3 Å². The first-order valence-electron chi connectivity index (χ1n) is 7.37. The molecule has 1 heterocycles. The fourth-order valence-electron chi connectivity index (χ4n) is 2.35. The molecule has 0 saturated heterocycles. The lowest BCUT2D eigenvalue weighted by molar-refractivity contribution is -0.139. The zero-order chi connectivity index (χ0) is 16.8. The molecule has 0 fully saturated rings. The second-order valence-corrected chi connectivity index (χ2v) is 5.05. The number of urea groups is 1. The van der Waals surface area contributed by atoms with Crippen molar-refractivity contribution in [3.63, 3.8) is 0 Å². The number of esters is 1. The van der Waals surface area contributed by atoms with Gasteiger partial charge in [-0.2, -0.15) is 0 Å². The SMILES string of the molecule is CCOC(=O)C1=C(CCl)NC(=O)NC1c1ccc(OCC)cc1. The van der Waals surface area contributed by atoms with Crippen molar-refractivity contribution in [3.8, 4) is 5.75 Å². The van der Waals surface area contributed by atoms with Gasteiger partial charge < -0.3 is 20.1 Å². The minimum Gasteiger partial charge on any atom is -0.494 e. The molecule has 7 heteroatoms. The van der Waals surface area contributed by atoms with Gasteiger partial charge in [0.25, 0.3) is 0 Å². The molecule has 1 aliphatic rings. The fourth-order valence-corrected chi connectivity index (χ4v) is 2.56. The summed E-state index contributed by atoms with van der Waals surface area (Å²) in [6.07, 6.45) is 0. The second kappa shape index (κ2) is 7.87. The van der Waals surface area contributed by atoms with Crippen LogP contribution < -0.4 is 15.4 Å². The van der Waals surface area contributed by atoms with Gasteiger partial charge in [-0.05, 0) is 31.5 Å². The molecule has 1 atom stereocenters. The Morgan fingerprint density at radius 2 is 1.91 bits per heavy atom. The number of hydrogen-bond donors (Lipinski definition) is 2. The molecule has 0 spiro atoms. The topological polar surface area (TPSA) is 76.7 Å². The summed E-state index contributed by atoms with van der Waals surface area (Å²) < 4.78 is 10.5. The molecule has 0 saturated carbocycles. The summed E-state index contributed by atoms with van der Waals surface area (Å²) in [4.78, 5) is 24.1. The highest BCUT2D eigenvalue weighted by molar-refractivity contribution is 6.20. The number of halogens is 1. The number of ether oxygens (including phenoxy) is 2. The van der Waals surface area contributed by atoms with Crippen LogP contribution in [0.15, 0.2) is 35.5 Å². The van der Waals surface area contributed by atoms with E-state index in [9.17, 15) is 9.59 Å². The van der Waals surface area contributed by atoms with E-state index in [4.69, 9.17) is 21.1 Å². The molecule has 0 bridgehead atoms. The Hall–Kier alpha value is -2.21. The Morgan fingerprint density at radius 3 is 2.48 bits per heavy atom. The first-order valence-corrected chi connectivity index (χ1v) is 7.90. The summed E-state index contributed by atoms with van der Waals surface area (Å²) in [5.41, 5.74) is 1.41. The number of amides is 2. The highest BCUT2D eigenvalue weighted by Crippen LogP contribution is 2.29. The number of alkyl halides is 1. The van der Waals surface area contributed by atoms with Crippen molar-refractivity contribution in [1.82, 2.24) is 10.6 Å². The lowest BCUT2D eigenvalue weighted by Crippen LogP contribution is -2.46. The molecular formula is C16H19ClN2O4. The maximum atomic E-state index is 12.3. The van der Waals surface area contributed by atoms with E-state index in [1.807, 2.05) is 6.92 Å². The third-order valence-corrected chi connectivity index (χ3v) is 3.57. The molecule has 0 radical (unpaired) electrons. The van der Waals surface area contributed by atoms with Gasteiger partial charge in [-0.1, -0.05) is 12.1 Å². The summed E-state index contributed by atoms with van der Waals surface area (Å²) in [6, 6.07) is 6.14. The number of carbonyl (C=O) groups excluding carboxylic acids is 2. The van der Waals surface area contributed by atoms with E-state index in [2.05, 4.69) is 10.6 Å². The fraction of sp³-hybridized carbons (Fsp3) is 0.375. The smallest absolute Gasteiger partial charge is 0.338 e. The van der Waals surface area contributed by atoms with Crippen LogP contribution in [0.4, 0.5) is 4.79 Å². The van der Waals surface area contributed by atoms with Gasteiger partial charge in [0.05, 0.1) is 30.7 Å². The maximum absolute atomic E-state index is 12.3. The van der Waals surface area contributed by atoms with E-state index in [1.54, 1.807) is 31.2 Å². The van der Waals surface area contributed by atoms with Crippen LogP contribution in [-0.2, 0) is 9.53 Å². The zero-order valence-corrected chi connectivity index (χ0v) is 13.8. The summed E-state index contributed by atoms with van der Waals surface area (Å²) >= 11 is 5.88. The maximum Gasteiger partial charge on any atom is 0.338 e.